The minimum Gasteiger partial charge on any atom is -0.466 e. The van der Waals surface area contributed by atoms with Crippen molar-refractivity contribution in [3.05, 3.63) is 60.8 Å². The Hall–Kier alpha value is -2.44. The number of carbonyl (C=O) groups is 2. The monoisotopic (exact) mass is 1220 g/mol. The Bertz CT molecular complexity index is 1500. The highest BCUT2D eigenvalue weighted by molar-refractivity contribution is 5.76. The van der Waals surface area contributed by atoms with E-state index >= 15 is 0 Å². The Morgan fingerprint density at radius 1 is 0.322 bits per heavy atom. The first-order chi connectivity index (χ1) is 43.0. The fraction of sp³-hybridized carbons (Fsp3) is 0.852. The minimum absolute atomic E-state index is 0.00676. The van der Waals surface area contributed by atoms with E-state index in [4.69, 9.17) is 4.74 Å². The minimum atomic E-state index is -0.845. The van der Waals surface area contributed by atoms with Crippen LogP contribution in [0.15, 0.2) is 60.8 Å². The number of ether oxygens (including phenoxy) is 1. The number of unbranched alkanes of at least 4 members (excludes halogenated alkanes) is 54. The summed E-state index contributed by atoms with van der Waals surface area (Å²) < 4.78 is 5.50. The van der Waals surface area contributed by atoms with Gasteiger partial charge in [-0.2, -0.15) is 0 Å². The molecule has 0 aliphatic carbocycles. The molecule has 510 valence electrons. The van der Waals surface area contributed by atoms with E-state index in [0.717, 1.165) is 57.8 Å². The van der Waals surface area contributed by atoms with Gasteiger partial charge in [-0.1, -0.05) is 370 Å². The Morgan fingerprint density at radius 2 is 0.575 bits per heavy atom. The molecular formula is C81H151NO5. The molecule has 0 fully saturated rings. The second kappa shape index (κ2) is 76.0. The van der Waals surface area contributed by atoms with Gasteiger partial charge in [0, 0.05) is 12.8 Å². The van der Waals surface area contributed by atoms with Gasteiger partial charge in [0.15, 0.2) is 0 Å². The molecule has 0 aliphatic rings. The van der Waals surface area contributed by atoms with Gasteiger partial charge < -0.3 is 20.3 Å². The van der Waals surface area contributed by atoms with Crippen LogP contribution in [0, 0.1) is 0 Å². The van der Waals surface area contributed by atoms with Gasteiger partial charge in [-0.15, -0.1) is 0 Å². The number of nitrogens with one attached hydrogen (secondary N) is 1. The fourth-order valence-corrected chi connectivity index (χ4v) is 12.1. The lowest BCUT2D eigenvalue weighted by molar-refractivity contribution is -0.143. The van der Waals surface area contributed by atoms with Gasteiger partial charge in [-0.05, 0) is 96.3 Å². The van der Waals surface area contributed by atoms with Gasteiger partial charge in [0.1, 0.15) is 0 Å². The number of aliphatic hydroxyl groups is 2. The first kappa shape index (κ1) is 84.6. The number of aliphatic hydroxyl groups excluding tert-OH is 2. The molecular weight excluding hydrogens is 1070 g/mol. The van der Waals surface area contributed by atoms with E-state index in [0.29, 0.717) is 19.4 Å². The van der Waals surface area contributed by atoms with E-state index < -0.39 is 12.1 Å². The highest BCUT2D eigenvalue weighted by Gasteiger charge is 2.18. The van der Waals surface area contributed by atoms with Crippen LogP contribution in [0.5, 0.6) is 0 Å². The van der Waals surface area contributed by atoms with Crippen molar-refractivity contribution >= 4 is 11.9 Å². The zero-order chi connectivity index (χ0) is 62.8. The summed E-state index contributed by atoms with van der Waals surface area (Å²) in [5.41, 5.74) is 0. The van der Waals surface area contributed by atoms with Crippen LogP contribution in [0.4, 0.5) is 0 Å². The second-order valence-corrected chi connectivity index (χ2v) is 26.7. The van der Waals surface area contributed by atoms with Gasteiger partial charge in [0.05, 0.1) is 25.4 Å². The Balaban J connectivity index is 3.40. The molecule has 2 atom stereocenters. The number of amides is 1. The molecule has 0 aliphatic heterocycles. The van der Waals surface area contributed by atoms with Crippen LogP contribution < -0.4 is 5.32 Å². The molecule has 6 heteroatoms. The van der Waals surface area contributed by atoms with Crippen LogP contribution in [0.25, 0.3) is 0 Å². The summed E-state index contributed by atoms with van der Waals surface area (Å²) in [6.07, 6.45) is 102. The van der Waals surface area contributed by atoms with Crippen LogP contribution in [-0.4, -0.2) is 47.4 Å². The number of allylic oxidation sites excluding steroid dienone is 9. The quantitative estimate of drug-likeness (QED) is 0.0320. The first-order valence-electron chi connectivity index (χ1n) is 39.1. The highest BCUT2D eigenvalue weighted by atomic mass is 16.5. The predicted octanol–water partition coefficient (Wildman–Crippen LogP) is 25.8. The van der Waals surface area contributed by atoms with E-state index in [1.165, 1.54) is 334 Å². The summed E-state index contributed by atoms with van der Waals surface area (Å²) in [6.45, 7) is 4.92. The van der Waals surface area contributed by atoms with E-state index in [1.807, 2.05) is 6.08 Å². The topological polar surface area (TPSA) is 95.9 Å². The number of carbonyl (C=O) groups excluding carboxylic acids is 2. The molecule has 2 unspecified atom stereocenters. The molecule has 0 saturated carbocycles. The van der Waals surface area contributed by atoms with Crippen molar-refractivity contribution in [2.75, 3.05) is 13.2 Å². The molecule has 1 amide bonds. The smallest absolute Gasteiger partial charge is 0.305 e. The van der Waals surface area contributed by atoms with Crippen molar-refractivity contribution in [2.45, 2.75) is 431 Å². The summed E-state index contributed by atoms with van der Waals surface area (Å²) in [6, 6.07) is -0.628. The van der Waals surface area contributed by atoms with Gasteiger partial charge in [-0.3, -0.25) is 9.59 Å². The molecule has 0 aromatic rings. The van der Waals surface area contributed by atoms with Crippen LogP contribution in [0.2, 0.25) is 0 Å². The van der Waals surface area contributed by atoms with E-state index in [1.54, 1.807) is 6.08 Å². The number of rotatable bonds is 73. The van der Waals surface area contributed by atoms with Crippen LogP contribution >= 0.6 is 0 Å². The number of hydrogen-bond acceptors (Lipinski definition) is 5. The Morgan fingerprint density at radius 3 is 0.885 bits per heavy atom. The van der Waals surface area contributed by atoms with Crippen molar-refractivity contribution < 1.29 is 24.5 Å². The van der Waals surface area contributed by atoms with Gasteiger partial charge in [-0.25, -0.2) is 0 Å². The summed E-state index contributed by atoms with van der Waals surface area (Å²) in [5, 5.41) is 23.3. The highest BCUT2D eigenvalue weighted by Crippen LogP contribution is 2.19. The van der Waals surface area contributed by atoms with E-state index in [2.05, 4.69) is 67.8 Å². The SMILES string of the molecule is CCCCCC/C=C\C/C=C\CCCCCCCCCC(=O)OCCCCCCCCCCC/C=C\C/C=C\CCCCCCCCCCCCCCCCCCCC(=O)NC(CO)C(O)/C=C/CCCCCCCCCCCCCCCCCCC. The summed E-state index contributed by atoms with van der Waals surface area (Å²) in [4.78, 5) is 24.6. The third-order valence-corrected chi connectivity index (χ3v) is 18.0. The maximum Gasteiger partial charge on any atom is 0.305 e. The molecule has 0 aromatic heterocycles. The van der Waals surface area contributed by atoms with E-state index in [9.17, 15) is 19.8 Å². The average molecular weight is 1220 g/mol. The van der Waals surface area contributed by atoms with Gasteiger partial charge >= 0.3 is 5.97 Å². The molecule has 0 bridgehead atoms. The molecule has 87 heavy (non-hydrogen) atoms. The Kier molecular flexibility index (Phi) is 73.9. The lowest BCUT2D eigenvalue weighted by atomic mass is 10.0. The van der Waals surface area contributed by atoms with Gasteiger partial charge in [0.25, 0.3) is 0 Å². The third-order valence-electron chi connectivity index (χ3n) is 18.0. The van der Waals surface area contributed by atoms with Crippen LogP contribution in [0.1, 0.15) is 418 Å². The zero-order valence-electron chi connectivity index (χ0n) is 58.5. The molecule has 0 radical (unpaired) electrons. The van der Waals surface area contributed by atoms with E-state index in [-0.39, 0.29) is 18.5 Å². The third kappa shape index (κ3) is 72.5. The molecule has 0 heterocycles. The largest absolute Gasteiger partial charge is 0.466 e. The molecule has 6 nitrogen and oxygen atoms in total. The first-order valence-corrected chi connectivity index (χ1v) is 39.1. The number of esters is 1. The maximum atomic E-state index is 12.5. The van der Waals surface area contributed by atoms with Crippen molar-refractivity contribution in [1.29, 1.82) is 0 Å². The molecule has 0 aromatic carbocycles. The molecule has 3 N–H and O–H groups in total. The Labute approximate surface area is 543 Å². The lowest BCUT2D eigenvalue weighted by Crippen LogP contribution is -2.45. The van der Waals surface area contributed by atoms with Crippen molar-refractivity contribution in [2.24, 2.45) is 0 Å². The van der Waals surface area contributed by atoms with Crippen LogP contribution in [0.3, 0.4) is 0 Å². The number of hydrogen-bond donors (Lipinski definition) is 3. The van der Waals surface area contributed by atoms with Gasteiger partial charge in [0.2, 0.25) is 5.91 Å². The fourth-order valence-electron chi connectivity index (χ4n) is 12.1. The summed E-state index contributed by atoms with van der Waals surface area (Å²) >= 11 is 0. The second-order valence-electron chi connectivity index (χ2n) is 26.7. The maximum absolute atomic E-state index is 12.5. The summed E-state index contributed by atoms with van der Waals surface area (Å²) in [7, 11) is 0. The standard InChI is InChI=1S/C81H151NO5/c1-3-5-7-9-11-13-15-17-19-21-38-41-45-49-53-57-61-65-69-73-79(84)78(77-83)82-80(85)74-70-66-62-58-54-50-46-42-39-36-34-32-30-28-26-24-23-25-27-29-31-33-35-37-40-44-48-52-56-60-64-68-72-76-87-81(86)75-71-67-63-59-55-51-47-43-22-20-18-16-14-12-10-8-6-4-2/h14,16,20,22,27,29,33,35,69,73,78-79,83-84H,3-13,15,17-19,21,23-26,28,30-32,34,36-68,70-72,74-77H2,1-2H3,(H,82,85)/b16-14-,22-20-,29-27-,35-33-,73-69+. The lowest BCUT2D eigenvalue weighted by Gasteiger charge is -2.20. The average Bonchev–Trinajstić information content (AvgIpc) is 3.56. The van der Waals surface area contributed by atoms with Crippen molar-refractivity contribution in [3.63, 3.8) is 0 Å². The predicted molar refractivity (Wildman–Crippen MR) is 384 cm³/mol. The molecule has 0 spiro atoms. The normalized spacial score (nSPS) is 12.8. The molecule has 0 rings (SSSR count). The summed E-state index contributed by atoms with van der Waals surface area (Å²) in [5.74, 6) is -0.0562. The van der Waals surface area contributed by atoms with Crippen molar-refractivity contribution in [1.82, 2.24) is 5.32 Å². The molecule has 0 saturated heterocycles. The van der Waals surface area contributed by atoms with Crippen molar-refractivity contribution in [3.8, 4) is 0 Å². The van der Waals surface area contributed by atoms with Crippen LogP contribution in [-0.2, 0) is 14.3 Å². The zero-order valence-corrected chi connectivity index (χ0v) is 58.5.